The van der Waals surface area contributed by atoms with Crippen molar-refractivity contribution >= 4 is 30.9 Å². The van der Waals surface area contributed by atoms with E-state index >= 15 is 0 Å². The summed E-state index contributed by atoms with van der Waals surface area (Å²) < 4.78 is 0. The second-order valence-electron chi connectivity index (χ2n) is 7.93. The number of thiol groups is 1. The average molecular weight is 384 g/mol. The summed E-state index contributed by atoms with van der Waals surface area (Å²) in [6.07, 6.45) is 6.69. The first kappa shape index (κ1) is 19.5. The van der Waals surface area contributed by atoms with E-state index < -0.39 is 22.9 Å². The lowest BCUT2D eigenvalue weighted by Crippen LogP contribution is -2.60. The highest BCUT2D eigenvalue weighted by atomic mass is 32.1. The second-order valence-corrected chi connectivity index (χ2v) is 8.61. The molecule has 3 amide bonds. The van der Waals surface area contributed by atoms with Gasteiger partial charge in [-0.1, -0.05) is 19.8 Å². The van der Waals surface area contributed by atoms with E-state index in [0.29, 0.717) is 25.3 Å². The van der Waals surface area contributed by atoms with Gasteiger partial charge in [0.15, 0.2) is 0 Å². The molecule has 1 saturated heterocycles. The van der Waals surface area contributed by atoms with Crippen molar-refractivity contribution < 1.29 is 19.5 Å². The fourth-order valence-electron chi connectivity index (χ4n) is 4.39. The van der Waals surface area contributed by atoms with Crippen LogP contribution in [-0.2, 0) is 14.4 Å². The summed E-state index contributed by atoms with van der Waals surface area (Å²) in [5.41, 5.74) is 0. The number of hydrogen-bond acceptors (Lipinski definition) is 5. The van der Waals surface area contributed by atoms with Crippen LogP contribution in [0.5, 0.6) is 0 Å². The molecular formula is C18H29N3O4S. The molecule has 1 heterocycles. The Labute approximate surface area is 159 Å². The number of hydrogen-bond donors (Lipinski definition) is 4. The van der Waals surface area contributed by atoms with Crippen LogP contribution in [0.2, 0.25) is 0 Å². The molecular weight excluding hydrogens is 354 g/mol. The fourth-order valence-corrected chi connectivity index (χ4v) is 4.65. The van der Waals surface area contributed by atoms with E-state index in [4.69, 9.17) is 0 Å². The van der Waals surface area contributed by atoms with E-state index in [2.05, 4.69) is 23.3 Å². The van der Waals surface area contributed by atoms with Crippen molar-refractivity contribution in [2.45, 2.75) is 74.9 Å². The fraction of sp³-hybridized carbons (Fsp3) is 0.833. The summed E-state index contributed by atoms with van der Waals surface area (Å²) in [4.78, 5) is 36.3. The highest BCUT2D eigenvalue weighted by Crippen LogP contribution is 2.41. The number of carbonyl (C=O) groups is 3. The lowest BCUT2D eigenvalue weighted by Gasteiger charge is -2.33. The largest absolute Gasteiger partial charge is 0.369 e. The minimum atomic E-state index is -1.98. The highest BCUT2D eigenvalue weighted by molar-refractivity contribution is 7.82. The van der Waals surface area contributed by atoms with Crippen LogP contribution < -0.4 is 10.6 Å². The van der Waals surface area contributed by atoms with Crippen LogP contribution >= 0.6 is 12.6 Å². The molecule has 8 heteroatoms. The molecule has 26 heavy (non-hydrogen) atoms. The number of fused-ring (bicyclic) bond motifs is 1. The molecule has 0 bridgehead atoms. The molecule has 3 rings (SSSR count). The summed E-state index contributed by atoms with van der Waals surface area (Å²) >= 11 is 4.20. The second kappa shape index (κ2) is 7.76. The smallest absolute Gasteiger partial charge is 0.264 e. The van der Waals surface area contributed by atoms with Crippen LogP contribution in [-0.4, -0.2) is 57.8 Å². The highest BCUT2D eigenvalue weighted by Gasteiger charge is 2.49. The number of amides is 3. The van der Waals surface area contributed by atoms with Crippen molar-refractivity contribution in [2.24, 2.45) is 11.8 Å². The molecule has 146 valence electrons. The topological polar surface area (TPSA) is 98.7 Å². The number of nitrogens with zero attached hydrogens (tertiary/aromatic N) is 1. The zero-order chi connectivity index (χ0) is 18.9. The molecule has 0 radical (unpaired) electrons. The van der Waals surface area contributed by atoms with Gasteiger partial charge in [-0.05, 0) is 43.9 Å². The van der Waals surface area contributed by atoms with Crippen LogP contribution in [0, 0.1) is 11.8 Å². The van der Waals surface area contributed by atoms with Gasteiger partial charge >= 0.3 is 0 Å². The Hall–Kier alpha value is -1.28. The number of aliphatic hydroxyl groups is 1. The Morgan fingerprint density at radius 2 is 2.08 bits per heavy atom. The Balaban J connectivity index is 1.70. The normalized spacial score (nSPS) is 31.0. The van der Waals surface area contributed by atoms with Gasteiger partial charge in [0.2, 0.25) is 17.3 Å². The third kappa shape index (κ3) is 3.86. The van der Waals surface area contributed by atoms with Gasteiger partial charge in [-0.25, -0.2) is 0 Å². The molecule has 3 N–H and O–H groups in total. The van der Waals surface area contributed by atoms with Gasteiger partial charge in [0.25, 0.3) is 5.91 Å². The van der Waals surface area contributed by atoms with E-state index in [1.165, 1.54) is 0 Å². The Morgan fingerprint density at radius 1 is 1.35 bits per heavy atom. The molecule has 0 aromatic rings. The van der Waals surface area contributed by atoms with E-state index in [0.717, 1.165) is 38.5 Å². The lowest BCUT2D eigenvalue weighted by atomic mass is 9.93. The SMILES string of the molecule is CCC[C@H](NC(=O)[C@@H]1[C@H]2CCC[C@H]2CN1C=O)[C@](O)(S)C(=O)NC1CC1. The van der Waals surface area contributed by atoms with Crippen molar-refractivity contribution in [3.05, 3.63) is 0 Å². The molecule has 7 nitrogen and oxygen atoms in total. The third-order valence-corrected chi connectivity index (χ3v) is 6.47. The molecule has 0 aromatic carbocycles. The molecule has 2 saturated carbocycles. The van der Waals surface area contributed by atoms with Gasteiger partial charge in [-0.15, -0.1) is 12.6 Å². The Bertz CT molecular complexity index is 567. The maximum Gasteiger partial charge on any atom is 0.264 e. The van der Waals surface area contributed by atoms with Crippen molar-refractivity contribution in [1.82, 2.24) is 15.5 Å². The van der Waals surface area contributed by atoms with Crippen molar-refractivity contribution in [1.29, 1.82) is 0 Å². The van der Waals surface area contributed by atoms with Crippen molar-refractivity contribution in [3.8, 4) is 0 Å². The first-order valence-corrected chi connectivity index (χ1v) is 10.1. The standard InChI is InChI=1S/C18H29N3O4S/c1-2-4-14(18(25,26)17(24)19-12-7-8-12)20-16(23)15-13-6-3-5-11(13)9-21(15)10-22/h10-15,25-26H,2-9H2,1H3,(H,19,24)(H,20,23)/t11-,13-,14-,15-,18-/m0/s1. The maximum atomic E-state index is 13.0. The first-order chi connectivity index (χ1) is 12.4. The van der Waals surface area contributed by atoms with Gasteiger partial charge in [-0.2, -0.15) is 0 Å². The quantitative estimate of drug-likeness (QED) is 0.277. The minimum Gasteiger partial charge on any atom is -0.369 e. The molecule has 0 unspecified atom stereocenters. The zero-order valence-electron chi connectivity index (χ0n) is 15.2. The predicted molar refractivity (Wildman–Crippen MR) is 99.3 cm³/mol. The Morgan fingerprint density at radius 3 is 2.69 bits per heavy atom. The number of likely N-dealkylation sites (tertiary alicyclic amines) is 1. The van der Waals surface area contributed by atoms with Gasteiger partial charge in [0.1, 0.15) is 6.04 Å². The summed E-state index contributed by atoms with van der Waals surface area (Å²) in [5.74, 6) is -0.333. The Kier molecular flexibility index (Phi) is 5.81. The van der Waals surface area contributed by atoms with E-state index in [9.17, 15) is 19.5 Å². The van der Waals surface area contributed by atoms with Gasteiger partial charge in [-0.3, -0.25) is 14.4 Å². The predicted octanol–water partition coefficient (Wildman–Crippen LogP) is 0.425. The molecule has 0 aromatic heterocycles. The first-order valence-electron chi connectivity index (χ1n) is 9.65. The summed E-state index contributed by atoms with van der Waals surface area (Å²) in [7, 11) is 0. The summed E-state index contributed by atoms with van der Waals surface area (Å²) in [6.45, 7) is 2.53. The van der Waals surface area contributed by atoms with Gasteiger partial charge < -0.3 is 20.6 Å². The van der Waals surface area contributed by atoms with E-state index in [1.807, 2.05) is 6.92 Å². The van der Waals surface area contributed by atoms with Crippen LogP contribution in [0.1, 0.15) is 51.9 Å². The van der Waals surface area contributed by atoms with Crippen molar-refractivity contribution in [2.75, 3.05) is 6.54 Å². The van der Waals surface area contributed by atoms with Crippen LogP contribution in [0.15, 0.2) is 0 Å². The molecule has 0 spiro atoms. The van der Waals surface area contributed by atoms with Gasteiger partial charge in [0, 0.05) is 12.6 Å². The van der Waals surface area contributed by atoms with Crippen LogP contribution in [0.3, 0.4) is 0 Å². The van der Waals surface area contributed by atoms with E-state index in [-0.39, 0.29) is 17.9 Å². The third-order valence-electron chi connectivity index (χ3n) is 5.96. The number of carbonyl (C=O) groups excluding carboxylic acids is 3. The number of rotatable bonds is 8. The maximum absolute atomic E-state index is 13.0. The average Bonchev–Trinajstić information content (AvgIpc) is 3.17. The van der Waals surface area contributed by atoms with E-state index in [1.54, 1.807) is 4.90 Å². The summed E-state index contributed by atoms with van der Waals surface area (Å²) in [5, 5.41) is 16.3. The molecule has 1 aliphatic heterocycles. The zero-order valence-corrected chi connectivity index (χ0v) is 16.1. The molecule has 3 aliphatic rings. The van der Waals surface area contributed by atoms with Gasteiger partial charge in [0.05, 0.1) is 6.04 Å². The molecule has 2 aliphatic carbocycles. The molecule has 3 fully saturated rings. The minimum absolute atomic E-state index is 0.0961. The van der Waals surface area contributed by atoms with Crippen molar-refractivity contribution in [3.63, 3.8) is 0 Å². The lowest BCUT2D eigenvalue weighted by molar-refractivity contribution is -0.138. The summed E-state index contributed by atoms with van der Waals surface area (Å²) in [6, 6.07) is -1.23. The number of nitrogens with one attached hydrogen (secondary N) is 2. The van der Waals surface area contributed by atoms with Crippen LogP contribution in [0.4, 0.5) is 0 Å². The monoisotopic (exact) mass is 383 g/mol. The van der Waals surface area contributed by atoms with Crippen LogP contribution in [0.25, 0.3) is 0 Å². The molecule has 5 atom stereocenters.